The van der Waals surface area contributed by atoms with Gasteiger partial charge in [0.1, 0.15) is 0 Å². The Labute approximate surface area is 100 Å². The first-order valence-electron chi connectivity index (χ1n) is 4.77. The van der Waals surface area contributed by atoms with Gasteiger partial charge in [-0.3, -0.25) is 0 Å². The Kier molecular flexibility index (Phi) is 3.99. The number of rotatable bonds is 1. The summed E-state index contributed by atoms with van der Waals surface area (Å²) in [4.78, 5) is 0. The molecule has 1 aromatic rings. The second-order valence-corrected chi connectivity index (χ2v) is 3.41. The van der Waals surface area contributed by atoms with E-state index in [0.29, 0.717) is 23.7 Å². The van der Waals surface area contributed by atoms with Crippen LogP contribution in [-0.2, 0) is 0 Å². The average molecular weight is 241 g/mol. The normalized spacial score (nSPS) is 17.4. The van der Waals surface area contributed by atoms with Crippen LogP contribution in [0.25, 0.3) is 0 Å². The largest absolute Gasteiger partial charge is 0.493 e. The Morgan fingerprint density at radius 2 is 2.31 bits per heavy atom. The van der Waals surface area contributed by atoms with Crippen molar-refractivity contribution in [2.24, 2.45) is 5.73 Å². The molecule has 16 heavy (non-hydrogen) atoms. The van der Waals surface area contributed by atoms with Crippen molar-refractivity contribution in [3.8, 4) is 17.6 Å². The molecule has 86 valence electrons. The van der Waals surface area contributed by atoms with Crippen LogP contribution >= 0.6 is 12.4 Å². The molecule has 0 radical (unpaired) electrons. The van der Waals surface area contributed by atoms with E-state index in [1.807, 2.05) is 0 Å². The smallest absolute Gasteiger partial charge is 0.167 e. The molecule has 1 heterocycles. The molecular formula is C11H13ClN2O2. The van der Waals surface area contributed by atoms with Crippen molar-refractivity contribution < 1.29 is 9.47 Å². The third kappa shape index (κ3) is 1.92. The molecule has 1 atom stereocenters. The van der Waals surface area contributed by atoms with E-state index in [0.717, 1.165) is 12.0 Å². The zero-order chi connectivity index (χ0) is 10.8. The van der Waals surface area contributed by atoms with Crippen LogP contribution < -0.4 is 15.2 Å². The van der Waals surface area contributed by atoms with E-state index in [2.05, 4.69) is 6.07 Å². The molecule has 0 spiro atoms. The Morgan fingerprint density at radius 3 is 2.94 bits per heavy atom. The van der Waals surface area contributed by atoms with E-state index >= 15 is 0 Å². The van der Waals surface area contributed by atoms with Crippen molar-refractivity contribution in [3.05, 3.63) is 23.3 Å². The number of nitrogens with zero attached hydrogens (tertiary/aromatic N) is 1. The maximum atomic E-state index is 8.97. The van der Waals surface area contributed by atoms with Crippen LogP contribution in [0.1, 0.15) is 23.6 Å². The van der Waals surface area contributed by atoms with Gasteiger partial charge in [0.05, 0.1) is 25.3 Å². The van der Waals surface area contributed by atoms with Crippen LogP contribution in [0.3, 0.4) is 0 Å². The summed E-state index contributed by atoms with van der Waals surface area (Å²) in [6, 6.07) is 5.43. The number of hydrogen-bond donors (Lipinski definition) is 1. The SMILES string of the molecule is COc1ccc(C#N)c2c1OCC[C@H]2N.Cl. The Morgan fingerprint density at radius 1 is 1.56 bits per heavy atom. The van der Waals surface area contributed by atoms with Gasteiger partial charge in [-0.2, -0.15) is 5.26 Å². The van der Waals surface area contributed by atoms with Crippen LogP contribution in [0.4, 0.5) is 0 Å². The minimum absolute atomic E-state index is 0. The average Bonchev–Trinajstić information content (AvgIpc) is 2.28. The van der Waals surface area contributed by atoms with Crippen molar-refractivity contribution in [1.82, 2.24) is 0 Å². The first-order chi connectivity index (χ1) is 7.27. The molecule has 0 aliphatic carbocycles. The zero-order valence-corrected chi connectivity index (χ0v) is 9.71. The molecule has 0 bridgehead atoms. The van der Waals surface area contributed by atoms with Crippen LogP contribution in [0.15, 0.2) is 12.1 Å². The summed E-state index contributed by atoms with van der Waals surface area (Å²) in [7, 11) is 1.57. The van der Waals surface area contributed by atoms with Crippen molar-refractivity contribution in [2.75, 3.05) is 13.7 Å². The summed E-state index contributed by atoms with van der Waals surface area (Å²) in [5, 5.41) is 8.97. The van der Waals surface area contributed by atoms with E-state index in [1.165, 1.54) is 0 Å². The summed E-state index contributed by atoms with van der Waals surface area (Å²) >= 11 is 0. The summed E-state index contributed by atoms with van der Waals surface area (Å²) in [6.07, 6.45) is 0.731. The van der Waals surface area contributed by atoms with Gasteiger partial charge in [0.25, 0.3) is 0 Å². The second kappa shape index (κ2) is 5.06. The molecule has 0 fully saturated rings. The molecule has 0 amide bonds. The highest BCUT2D eigenvalue weighted by atomic mass is 35.5. The molecule has 1 aliphatic rings. The van der Waals surface area contributed by atoms with E-state index in [4.69, 9.17) is 20.5 Å². The fourth-order valence-corrected chi connectivity index (χ4v) is 1.79. The van der Waals surface area contributed by atoms with Crippen LogP contribution in [0.5, 0.6) is 11.5 Å². The number of benzene rings is 1. The molecule has 2 N–H and O–H groups in total. The van der Waals surface area contributed by atoms with E-state index in [9.17, 15) is 0 Å². The first-order valence-corrected chi connectivity index (χ1v) is 4.77. The van der Waals surface area contributed by atoms with Gasteiger partial charge in [0, 0.05) is 18.0 Å². The summed E-state index contributed by atoms with van der Waals surface area (Å²) in [5.74, 6) is 1.26. The van der Waals surface area contributed by atoms with Crippen molar-refractivity contribution >= 4 is 12.4 Å². The predicted molar refractivity (Wildman–Crippen MR) is 62.0 cm³/mol. The predicted octanol–water partition coefficient (Wildman–Crippen LogP) is 1.77. The number of hydrogen-bond acceptors (Lipinski definition) is 4. The number of ether oxygens (including phenoxy) is 2. The highest BCUT2D eigenvalue weighted by molar-refractivity contribution is 5.85. The van der Waals surface area contributed by atoms with Crippen molar-refractivity contribution in [1.29, 1.82) is 5.26 Å². The Balaban J connectivity index is 0.00000128. The quantitative estimate of drug-likeness (QED) is 0.812. The van der Waals surface area contributed by atoms with Gasteiger partial charge in [0.2, 0.25) is 0 Å². The van der Waals surface area contributed by atoms with Gasteiger partial charge in [-0.25, -0.2) is 0 Å². The van der Waals surface area contributed by atoms with Gasteiger partial charge >= 0.3 is 0 Å². The fraction of sp³-hybridized carbons (Fsp3) is 0.364. The lowest BCUT2D eigenvalue weighted by atomic mass is 9.96. The Hall–Kier alpha value is -1.44. The number of halogens is 1. The third-order valence-corrected chi connectivity index (χ3v) is 2.55. The lowest BCUT2D eigenvalue weighted by molar-refractivity contribution is 0.252. The van der Waals surface area contributed by atoms with E-state index < -0.39 is 0 Å². The lowest BCUT2D eigenvalue weighted by Gasteiger charge is -2.25. The zero-order valence-electron chi connectivity index (χ0n) is 8.90. The highest BCUT2D eigenvalue weighted by Crippen LogP contribution is 2.40. The molecule has 4 nitrogen and oxygen atoms in total. The number of methoxy groups -OCH3 is 1. The maximum absolute atomic E-state index is 8.97. The maximum Gasteiger partial charge on any atom is 0.167 e. The minimum Gasteiger partial charge on any atom is -0.493 e. The highest BCUT2D eigenvalue weighted by Gasteiger charge is 2.24. The van der Waals surface area contributed by atoms with Crippen LogP contribution in [0.2, 0.25) is 0 Å². The first kappa shape index (κ1) is 12.6. The molecule has 2 rings (SSSR count). The summed E-state index contributed by atoms with van der Waals surface area (Å²) in [6.45, 7) is 0.569. The topological polar surface area (TPSA) is 68.3 Å². The van der Waals surface area contributed by atoms with E-state index in [1.54, 1.807) is 19.2 Å². The van der Waals surface area contributed by atoms with Crippen LogP contribution in [0, 0.1) is 11.3 Å². The molecule has 0 aromatic heterocycles. The van der Waals surface area contributed by atoms with Gasteiger partial charge in [-0.1, -0.05) is 0 Å². The molecule has 0 saturated heterocycles. The van der Waals surface area contributed by atoms with Crippen molar-refractivity contribution in [3.63, 3.8) is 0 Å². The molecule has 0 saturated carbocycles. The molecular weight excluding hydrogens is 228 g/mol. The van der Waals surface area contributed by atoms with Gasteiger partial charge in [-0.15, -0.1) is 12.4 Å². The van der Waals surface area contributed by atoms with Gasteiger partial charge in [-0.05, 0) is 12.1 Å². The standard InChI is InChI=1S/C11H12N2O2.ClH/c1-14-9-3-2-7(6-12)10-8(13)4-5-15-11(9)10;/h2-3,8H,4-5,13H2,1H3;1H/t8-;/m1./s1. The lowest BCUT2D eigenvalue weighted by Crippen LogP contribution is -2.22. The monoisotopic (exact) mass is 240 g/mol. The second-order valence-electron chi connectivity index (χ2n) is 3.41. The fourth-order valence-electron chi connectivity index (χ4n) is 1.79. The number of nitriles is 1. The van der Waals surface area contributed by atoms with Gasteiger partial charge < -0.3 is 15.2 Å². The van der Waals surface area contributed by atoms with E-state index in [-0.39, 0.29) is 18.4 Å². The molecule has 0 unspecified atom stereocenters. The van der Waals surface area contributed by atoms with Crippen molar-refractivity contribution in [2.45, 2.75) is 12.5 Å². The Bertz CT molecular complexity index is 429. The summed E-state index contributed by atoms with van der Waals surface area (Å²) < 4.78 is 10.7. The number of fused-ring (bicyclic) bond motifs is 1. The minimum atomic E-state index is -0.140. The third-order valence-electron chi connectivity index (χ3n) is 2.55. The molecule has 5 heteroatoms. The van der Waals surface area contributed by atoms with Gasteiger partial charge in [0.15, 0.2) is 11.5 Å². The molecule has 1 aromatic carbocycles. The number of nitrogens with two attached hydrogens (primary N) is 1. The summed E-state index contributed by atoms with van der Waals surface area (Å²) in [5.41, 5.74) is 7.29. The molecule has 1 aliphatic heterocycles. The van der Waals surface area contributed by atoms with Crippen LogP contribution in [-0.4, -0.2) is 13.7 Å².